The van der Waals surface area contributed by atoms with E-state index in [1.54, 1.807) is 31.3 Å². The molecule has 1 aliphatic carbocycles. The first-order valence-electron chi connectivity index (χ1n) is 10.5. The van der Waals surface area contributed by atoms with Gasteiger partial charge in [-0.25, -0.2) is 9.97 Å². The molecular formula is C23H27N5O3. The molecule has 1 saturated carbocycles. The highest BCUT2D eigenvalue weighted by atomic mass is 16.5. The van der Waals surface area contributed by atoms with E-state index in [4.69, 9.17) is 9.47 Å². The fourth-order valence-corrected chi connectivity index (χ4v) is 3.98. The zero-order valence-corrected chi connectivity index (χ0v) is 17.9. The van der Waals surface area contributed by atoms with E-state index >= 15 is 0 Å². The summed E-state index contributed by atoms with van der Waals surface area (Å²) in [5.41, 5.74) is 2.66. The van der Waals surface area contributed by atoms with Crippen molar-refractivity contribution in [1.29, 1.82) is 0 Å². The van der Waals surface area contributed by atoms with Crippen molar-refractivity contribution < 1.29 is 14.3 Å². The molecule has 2 aromatic heterocycles. The van der Waals surface area contributed by atoms with Gasteiger partial charge in [0.1, 0.15) is 5.75 Å². The zero-order chi connectivity index (χ0) is 21.6. The molecule has 8 heteroatoms. The van der Waals surface area contributed by atoms with Crippen molar-refractivity contribution in [3.8, 4) is 23.0 Å². The molecule has 31 heavy (non-hydrogen) atoms. The number of carbonyl (C=O) groups excluding carboxylic acids is 1. The first-order chi connectivity index (χ1) is 15.2. The summed E-state index contributed by atoms with van der Waals surface area (Å²) in [6.07, 6.45) is 8.80. The summed E-state index contributed by atoms with van der Waals surface area (Å²) in [5.74, 6) is 0.954. The average Bonchev–Trinajstić information content (AvgIpc) is 3.24. The van der Waals surface area contributed by atoms with Crippen LogP contribution < -0.4 is 10.1 Å². The monoisotopic (exact) mass is 421 g/mol. The lowest BCUT2D eigenvalue weighted by molar-refractivity contribution is 0.0922. The Labute approximate surface area is 181 Å². The second-order valence-electron chi connectivity index (χ2n) is 7.60. The molecule has 0 bridgehead atoms. The number of carbonyl (C=O) groups is 1. The molecule has 0 aliphatic heterocycles. The van der Waals surface area contributed by atoms with Gasteiger partial charge >= 0.3 is 0 Å². The molecule has 4 rings (SSSR count). The molecule has 0 atom stereocenters. The van der Waals surface area contributed by atoms with Gasteiger partial charge in [-0.2, -0.15) is 9.78 Å². The van der Waals surface area contributed by atoms with Gasteiger partial charge in [-0.3, -0.25) is 4.79 Å². The fourth-order valence-electron chi connectivity index (χ4n) is 3.98. The number of ether oxygens (including phenoxy) is 2. The minimum Gasteiger partial charge on any atom is -0.496 e. The minimum absolute atomic E-state index is 0.133. The van der Waals surface area contributed by atoms with Gasteiger partial charge in [0.05, 0.1) is 36.9 Å². The van der Waals surface area contributed by atoms with Crippen molar-refractivity contribution in [2.45, 2.75) is 44.8 Å². The molecule has 0 spiro atoms. The predicted molar refractivity (Wildman–Crippen MR) is 116 cm³/mol. The third kappa shape index (κ3) is 4.59. The molecule has 0 saturated heterocycles. The van der Waals surface area contributed by atoms with Gasteiger partial charge in [0.2, 0.25) is 0 Å². The molecular weight excluding hydrogens is 394 g/mol. The summed E-state index contributed by atoms with van der Waals surface area (Å²) in [5, 5.41) is 7.56. The molecule has 1 N–H and O–H groups in total. The van der Waals surface area contributed by atoms with Gasteiger partial charge in [-0.15, -0.1) is 0 Å². The van der Waals surface area contributed by atoms with Gasteiger partial charge in [0.15, 0.2) is 0 Å². The second-order valence-corrected chi connectivity index (χ2v) is 7.60. The number of hydrogen-bond acceptors (Lipinski definition) is 6. The maximum absolute atomic E-state index is 12.9. The molecule has 0 radical (unpaired) electrons. The van der Waals surface area contributed by atoms with Crippen molar-refractivity contribution in [3.63, 3.8) is 0 Å². The maximum atomic E-state index is 12.9. The molecule has 1 amide bonds. The minimum atomic E-state index is -0.133. The van der Waals surface area contributed by atoms with Crippen molar-refractivity contribution in [2.75, 3.05) is 14.2 Å². The van der Waals surface area contributed by atoms with E-state index in [0.717, 1.165) is 37.0 Å². The molecule has 0 unspecified atom stereocenters. The van der Waals surface area contributed by atoms with Crippen LogP contribution in [0.1, 0.15) is 48.2 Å². The van der Waals surface area contributed by atoms with E-state index in [9.17, 15) is 4.79 Å². The van der Waals surface area contributed by atoms with Crippen LogP contribution in [-0.2, 0) is 11.3 Å². The lowest BCUT2D eigenvalue weighted by Gasteiger charge is -2.22. The molecule has 3 aromatic rings. The highest BCUT2D eigenvalue weighted by Gasteiger charge is 2.23. The summed E-state index contributed by atoms with van der Waals surface area (Å²) >= 11 is 0. The first kappa shape index (κ1) is 21.0. The number of amides is 1. The van der Waals surface area contributed by atoms with Crippen molar-refractivity contribution in [1.82, 2.24) is 25.1 Å². The lowest BCUT2D eigenvalue weighted by Crippen LogP contribution is -2.36. The Morgan fingerprint density at radius 3 is 2.74 bits per heavy atom. The van der Waals surface area contributed by atoms with Crippen molar-refractivity contribution >= 4 is 5.91 Å². The number of para-hydroxylation sites is 1. The quantitative estimate of drug-likeness (QED) is 0.627. The van der Waals surface area contributed by atoms with Crippen LogP contribution >= 0.6 is 0 Å². The fraction of sp³-hybridized carbons (Fsp3) is 0.391. The van der Waals surface area contributed by atoms with E-state index in [1.165, 1.54) is 6.42 Å². The van der Waals surface area contributed by atoms with Crippen LogP contribution in [0.25, 0.3) is 17.2 Å². The molecule has 8 nitrogen and oxygen atoms in total. The molecule has 1 aromatic carbocycles. The van der Waals surface area contributed by atoms with Crippen molar-refractivity contribution in [2.24, 2.45) is 0 Å². The summed E-state index contributed by atoms with van der Waals surface area (Å²) in [4.78, 5) is 22.0. The van der Waals surface area contributed by atoms with Crippen LogP contribution in [0, 0.1) is 0 Å². The Balaban J connectivity index is 1.66. The van der Waals surface area contributed by atoms with E-state index < -0.39 is 0 Å². The number of benzene rings is 1. The highest BCUT2D eigenvalue weighted by Crippen LogP contribution is 2.28. The molecule has 162 valence electrons. The van der Waals surface area contributed by atoms with Crippen LogP contribution in [0.3, 0.4) is 0 Å². The van der Waals surface area contributed by atoms with Crippen LogP contribution in [0.2, 0.25) is 0 Å². The Kier molecular flexibility index (Phi) is 6.57. The number of aromatic nitrogens is 4. The number of nitrogens with zero attached hydrogens (tertiary/aromatic N) is 4. The van der Waals surface area contributed by atoms with E-state index in [-0.39, 0.29) is 18.6 Å². The lowest BCUT2D eigenvalue weighted by atomic mass is 9.95. The van der Waals surface area contributed by atoms with E-state index in [2.05, 4.69) is 20.4 Å². The smallest absolute Gasteiger partial charge is 0.255 e. The Morgan fingerprint density at radius 1 is 1.16 bits per heavy atom. The summed E-state index contributed by atoms with van der Waals surface area (Å²) < 4.78 is 12.4. The average molecular weight is 422 g/mol. The zero-order valence-electron chi connectivity index (χ0n) is 17.9. The molecule has 2 heterocycles. The normalized spacial score (nSPS) is 14.4. The number of methoxy groups -OCH3 is 2. The number of hydrogen-bond donors (Lipinski definition) is 1. The SMILES string of the molecule is COCc1c(C(=O)NC2CCCCC2)cnn1-c1nccc(-c2ccccc2OC)n1. The van der Waals surface area contributed by atoms with Gasteiger partial charge < -0.3 is 14.8 Å². The maximum Gasteiger partial charge on any atom is 0.255 e. The third-order valence-electron chi connectivity index (χ3n) is 5.55. The summed E-state index contributed by atoms with van der Waals surface area (Å²) in [7, 11) is 3.22. The first-order valence-corrected chi connectivity index (χ1v) is 10.5. The topological polar surface area (TPSA) is 91.2 Å². The van der Waals surface area contributed by atoms with Crippen LogP contribution in [0.5, 0.6) is 5.75 Å². The second kappa shape index (κ2) is 9.70. The molecule has 1 aliphatic rings. The van der Waals surface area contributed by atoms with Crippen molar-refractivity contribution in [3.05, 3.63) is 54.0 Å². The van der Waals surface area contributed by atoms with E-state index in [0.29, 0.717) is 22.9 Å². The standard InChI is InChI=1S/C23H27N5O3/c1-30-15-20-18(22(29)26-16-8-4-3-5-9-16)14-25-28(20)23-24-13-12-19(27-23)17-10-6-7-11-21(17)31-2/h6-7,10-14,16H,3-5,8-9,15H2,1-2H3,(H,26,29). The van der Waals surface area contributed by atoms with Gasteiger partial charge in [0.25, 0.3) is 11.9 Å². The van der Waals surface area contributed by atoms with Crippen LogP contribution in [0.4, 0.5) is 0 Å². The Morgan fingerprint density at radius 2 is 1.97 bits per heavy atom. The Bertz CT molecular complexity index is 1040. The molecule has 1 fully saturated rings. The van der Waals surface area contributed by atoms with Crippen LogP contribution in [0.15, 0.2) is 42.7 Å². The van der Waals surface area contributed by atoms with Gasteiger partial charge in [-0.05, 0) is 31.0 Å². The van der Waals surface area contributed by atoms with E-state index in [1.807, 2.05) is 30.3 Å². The highest BCUT2D eigenvalue weighted by molar-refractivity contribution is 5.95. The van der Waals surface area contributed by atoms with Gasteiger partial charge in [0, 0.05) is 24.9 Å². The summed E-state index contributed by atoms with van der Waals surface area (Å²) in [6, 6.07) is 9.69. The van der Waals surface area contributed by atoms with Gasteiger partial charge in [-0.1, -0.05) is 31.4 Å². The summed E-state index contributed by atoms with van der Waals surface area (Å²) in [6.45, 7) is 0.218. The number of nitrogens with one attached hydrogen (secondary N) is 1. The number of rotatable bonds is 7. The largest absolute Gasteiger partial charge is 0.496 e. The predicted octanol–water partition coefficient (Wildman–Crippen LogP) is 3.55. The third-order valence-corrected chi connectivity index (χ3v) is 5.55. The van der Waals surface area contributed by atoms with Crippen LogP contribution in [-0.4, -0.2) is 45.9 Å². The Hall–Kier alpha value is -3.26.